The second-order valence-electron chi connectivity index (χ2n) is 6.98. The highest BCUT2D eigenvalue weighted by molar-refractivity contribution is 6.31. The van der Waals surface area contributed by atoms with Crippen molar-refractivity contribution < 1.29 is 14.3 Å². The SMILES string of the molecule is CC(C)c1cccc(C(C)C)c1NC(=O)COC(=O)c1cc(Cl)ccc1N. The van der Waals surface area contributed by atoms with Crippen molar-refractivity contribution in [2.24, 2.45) is 0 Å². The minimum atomic E-state index is -0.689. The zero-order valence-electron chi connectivity index (χ0n) is 16.0. The van der Waals surface area contributed by atoms with Crippen LogP contribution in [0.25, 0.3) is 0 Å². The van der Waals surface area contributed by atoms with Gasteiger partial charge in [-0.1, -0.05) is 57.5 Å². The largest absolute Gasteiger partial charge is 0.452 e. The van der Waals surface area contributed by atoms with Crippen LogP contribution in [-0.4, -0.2) is 18.5 Å². The molecule has 3 N–H and O–H groups in total. The van der Waals surface area contributed by atoms with Crippen LogP contribution in [0.2, 0.25) is 5.02 Å². The molecule has 6 heteroatoms. The number of esters is 1. The Morgan fingerprint density at radius 2 is 1.67 bits per heavy atom. The summed E-state index contributed by atoms with van der Waals surface area (Å²) < 4.78 is 5.11. The molecular formula is C21H25ClN2O3. The number of anilines is 2. The number of nitrogen functional groups attached to an aromatic ring is 1. The first-order chi connectivity index (χ1) is 12.7. The molecule has 0 spiro atoms. The molecule has 5 nitrogen and oxygen atoms in total. The van der Waals surface area contributed by atoms with E-state index in [4.69, 9.17) is 22.1 Å². The second kappa shape index (κ2) is 8.91. The highest BCUT2D eigenvalue weighted by atomic mass is 35.5. The summed E-state index contributed by atoms with van der Waals surface area (Å²) in [6.45, 7) is 7.86. The summed E-state index contributed by atoms with van der Waals surface area (Å²) in [7, 11) is 0. The molecule has 2 aromatic carbocycles. The summed E-state index contributed by atoms with van der Waals surface area (Å²) >= 11 is 5.88. The minimum absolute atomic E-state index is 0.140. The van der Waals surface area contributed by atoms with Crippen LogP contribution in [-0.2, 0) is 9.53 Å². The van der Waals surface area contributed by atoms with E-state index in [1.165, 1.54) is 12.1 Å². The average molecular weight is 389 g/mol. The molecular weight excluding hydrogens is 364 g/mol. The van der Waals surface area contributed by atoms with Crippen LogP contribution in [0, 0.1) is 0 Å². The first-order valence-corrected chi connectivity index (χ1v) is 9.23. The van der Waals surface area contributed by atoms with Crippen LogP contribution >= 0.6 is 11.6 Å². The quantitative estimate of drug-likeness (QED) is 0.541. The molecule has 0 aliphatic rings. The van der Waals surface area contributed by atoms with Crippen LogP contribution in [0.3, 0.4) is 0 Å². The Morgan fingerprint density at radius 3 is 2.22 bits per heavy atom. The summed E-state index contributed by atoms with van der Waals surface area (Å²) in [5, 5.41) is 3.27. The highest BCUT2D eigenvalue weighted by Gasteiger charge is 2.18. The maximum absolute atomic E-state index is 12.4. The number of nitrogens with two attached hydrogens (primary N) is 1. The van der Waals surface area contributed by atoms with Gasteiger partial charge in [-0.15, -0.1) is 0 Å². The van der Waals surface area contributed by atoms with Gasteiger partial charge in [0.1, 0.15) is 0 Å². The van der Waals surface area contributed by atoms with Crippen molar-refractivity contribution >= 4 is 34.9 Å². The van der Waals surface area contributed by atoms with E-state index in [1.807, 2.05) is 18.2 Å². The van der Waals surface area contributed by atoms with E-state index in [2.05, 4.69) is 33.0 Å². The van der Waals surface area contributed by atoms with Gasteiger partial charge in [0.05, 0.1) is 5.56 Å². The molecule has 0 saturated carbocycles. The van der Waals surface area contributed by atoms with Crippen LogP contribution in [0.15, 0.2) is 36.4 Å². The van der Waals surface area contributed by atoms with E-state index in [1.54, 1.807) is 6.07 Å². The lowest BCUT2D eigenvalue weighted by atomic mass is 9.92. The molecule has 0 heterocycles. The molecule has 1 amide bonds. The monoisotopic (exact) mass is 388 g/mol. The molecule has 0 aliphatic heterocycles. The topological polar surface area (TPSA) is 81.4 Å². The molecule has 2 rings (SSSR count). The van der Waals surface area contributed by atoms with Gasteiger partial charge in [-0.2, -0.15) is 0 Å². The number of hydrogen-bond acceptors (Lipinski definition) is 4. The number of benzene rings is 2. The number of halogens is 1. The Balaban J connectivity index is 2.12. The number of para-hydroxylation sites is 1. The zero-order chi connectivity index (χ0) is 20.1. The van der Waals surface area contributed by atoms with Gasteiger partial charge < -0.3 is 15.8 Å². The summed E-state index contributed by atoms with van der Waals surface area (Å²) in [5.41, 5.74) is 9.02. The van der Waals surface area contributed by atoms with Crippen molar-refractivity contribution in [3.63, 3.8) is 0 Å². The van der Waals surface area contributed by atoms with Gasteiger partial charge in [0.25, 0.3) is 5.91 Å². The van der Waals surface area contributed by atoms with Crippen molar-refractivity contribution in [2.45, 2.75) is 39.5 Å². The fourth-order valence-electron chi connectivity index (χ4n) is 2.78. The Labute approximate surface area is 164 Å². The number of hydrogen-bond donors (Lipinski definition) is 2. The van der Waals surface area contributed by atoms with Gasteiger partial charge in [-0.05, 0) is 41.2 Å². The van der Waals surface area contributed by atoms with Gasteiger partial charge in [0, 0.05) is 16.4 Å². The van der Waals surface area contributed by atoms with E-state index in [0.29, 0.717) is 5.02 Å². The van der Waals surface area contributed by atoms with E-state index >= 15 is 0 Å². The first kappa shape index (κ1) is 20.8. The first-order valence-electron chi connectivity index (χ1n) is 8.85. The molecule has 0 saturated heterocycles. The maximum Gasteiger partial charge on any atom is 0.340 e. The summed E-state index contributed by atoms with van der Waals surface area (Å²) in [4.78, 5) is 24.6. The Kier molecular flexibility index (Phi) is 6.86. The lowest BCUT2D eigenvalue weighted by molar-refractivity contribution is -0.119. The molecule has 0 aliphatic carbocycles. The number of nitrogens with one attached hydrogen (secondary N) is 1. The van der Waals surface area contributed by atoms with Gasteiger partial charge in [0.15, 0.2) is 6.61 Å². The van der Waals surface area contributed by atoms with Gasteiger partial charge >= 0.3 is 5.97 Å². The maximum atomic E-state index is 12.4. The molecule has 0 radical (unpaired) electrons. The highest BCUT2D eigenvalue weighted by Crippen LogP contribution is 2.32. The van der Waals surface area contributed by atoms with Crippen molar-refractivity contribution in [3.8, 4) is 0 Å². The summed E-state index contributed by atoms with van der Waals surface area (Å²) in [6, 6.07) is 10.5. The molecule has 27 heavy (non-hydrogen) atoms. The zero-order valence-corrected chi connectivity index (χ0v) is 16.8. The fraction of sp³-hybridized carbons (Fsp3) is 0.333. The molecule has 0 aromatic heterocycles. The van der Waals surface area contributed by atoms with Gasteiger partial charge in [0.2, 0.25) is 0 Å². The van der Waals surface area contributed by atoms with Gasteiger partial charge in [-0.3, -0.25) is 4.79 Å². The second-order valence-corrected chi connectivity index (χ2v) is 7.41. The van der Waals surface area contributed by atoms with Crippen molar-refractivity contribution in [1.29, 1.82) is 0 Å². The van der Waals surface area contributed by atoms with Crippen molar-refractivity contribution in [1.82, 2.24) is 0 Å². The number of amides is 1. The third kappa shape index (κ3) is 5.23. The van der Waals surface area contributed by atoms with E-state index in [0.717, 1.165) is 16.8 Å². The van der Waals surface area contributed by atoms with Crippen molar-refractivity contribution in [2.75, 3.05) is 17.7 Å². The van der Waals surface area contributed by atoms with Crippen LogP contribution < -0.4 is 11.1 Å². The third-order valence-electron chi connectivity index (χ3n) is 4.21. The standard InChI is InChI=1S/C21H25ClN2O3/c1-12(2)15-6-5-7-16(13(3)4)20(15)24-19(25)11-27-21(26)17-10-14(22)8-9-18(17)23/h5-10,12-13H,11,23H2,1-4H3,(H,24,25). The van der Waals surface area contributed by atoms with Crippen LogP contribution in [0.4, 0.5) is 11.4 Å². The summed E-state index contributed by atoms with van der Waals surface area (Å²) in [5.74, 6) is -0.606. The van der Waals surface area contributed by atoms with E-state index in [-0.39, 0.29) is 23.1 Å². The average Bonchev–Trinajstić information content (AvgIpc) is 2.61. The van der Waals surface area contributed by atoms with Crippen molar-refractivity contribution in [3.05, 3.63) is 58.1 Å². The van der Waals surface area contributed by atoms with E-state index < -0.39 is 18.5 Å². The molecule has 0 bridgehead atoms. The summed E-state index contributed by atoms with van der Waals surface area (Å²) in [6.07, 6.45) is 0. The smallest absolute Gasteiger partial charge is 0.340 e. The predicted molar refractivity (Wildman–Crippen MR) is 109 cm³/mol. The Morgan fingerprint density at radius 1 is 1.07 bits per heavy atom. The van der Waals surface area contributed by atoms with Crippen LogP contribution in [0.5, 0.6) is 0 Å². The lowest BCUT2D eigenvalue weighted by Crippen LogP contribution is -2.23. The number of carbonyl (C=O) groups excluding carboxylic acids is 2. The third-order valence-corrected chi connectivity index (χ3v) is 4.44. The molecule has 2 aromatic rings. The fourth-order valence-corrected chi connectivity index (χ4v) is 2.96. The predicted octanol–water partition coefficient (Wildman–Crippen LogP) is 4.96. The number of rotatable bonds is 6. The number of ether oxygens (including phenoxy) is 1. The normalized spacial score (nSPS) is 10.9. The molecule has 0 unspecified atom stereocenters. The number of carbonyl (C=O) groups is 2. The molecule has 0 atom stereocenters. The van der Waals surface area contributed by atoms with Gasteiger partial charge in [-0.25, -0.2) is 4.79 Å². The molecule has 144 valence electrons. The molecule has 0 fully saturated rings. The minimum Gasteiger partial charge on any atom is -0.452 e. The Hall–Kier alpha value is -2.53. The van der Waals surface area contributed by atoms with E-state index in [9.17, 15) is 9.59 Å². The van der Waals surface area contributed by atoms with Crippen LogP contribution in [0.1, 0.15) is 61.0 Å². The Bertz CT molecular complexity index is 821. The lowest BCUT2D eigenvalue weighted by Gasteiger charge is -2.20.